The fraction of sp³-hybridized carbons (Fsp3) is 0.529. The Bertz CT molecular complexity index is 951. The minimum atomic E-state index is -4.49. The van der Waals surface area contributed by atoms with Crippen LogP contribution in [0.15, 0.2) is 18.6 Å². The summed E-state index contributed by atoms with van der Waals surface area (Å²) in [6, 6.07) is 0. The molecule has 2 atom stereocenters. The van der Waals surface area contributed by atoms with E-state index in [1.807, 2.05) is 0 Å². The molecule has 10 heteroatoms. The Hall–Kier alpha value is -2.65. The lowest BCUT2D eigenvalue weighted by Gasteiger charge is -2.20. The van der Waals surface area contributed by atoms with Gasteiger partial charge in [-0.1, -0.05) is 9.78 Å². The third-order valence-electron chi connectivity index (χ3n) is 5.84. The molecule has 0 unspecified atom stereocenters. The summed E-state index contributed by atoms with van der Waals surface area (Å²) in [5.74, 6) is -0.0383. The highest BCUT2D eigenvalue weighted by Crippen LogP contribution is 2.55. The van der Waals surface area contributed by atoms with Crippen LogP contribution in [0, 0.1) is 11.1 Å². The van der Waals surface area contributed by atoms with Crippen LogP contribution in [0.25, 0.3) is 5.82 Å². The maximum Gasteiger partial charge on any atom is 0.411 e. The largest absolute Gasteiger partial charge is 0.710 e. The van der Waals surface area contributed by atoms with Crippen molar-refractivity contribution in [3.8, 4) is 5.82 Å². The van der Waals surface area contributed by atoms with Gasteiger partial charge in [0.2, 0.25) is 0 Å². The molecular weight excluding hydrogens is 363 g/mol. The van der Waals surface area contributed by atoms with Crippen LogP contribution in [0.5, 0.6) is 0 Å². The van der Waals surface area contributed by atoms with Gasteiger partial charge >= 0.3 is 12.0 Å². The van der Waals surface area contributed by atoms with Crippen molar-refractivity contribution < 1.29 is 22.7 Å². The first-order valence-electron chi connectivity index (χ1n) is 8.85. The van der Waals surface area contributed by atoms with E-state index in [1.165, 1.54) is 23.3 Å². The summed E-state index contributed by atoms with van der Waals surface area (Å²) in [7, 11) is 0. The van der Waals surface area contributed by atoms with Gasteiger partial charge in [-0.05, 0) is 38.0 Å². The van der Waals surface area contributed by atoms with Crippen LogP contribution in [0.4, 0.5) is 13.2 Å². The lowest BCUT2D eigenvalue weighted by Crippen LogP contribution is -2.48. The summed E-state index contributed by atoms with van der Waals surface area (Å²) < 4.78 is 41.6. The van der Waals surface area contributed by atoms with Gasteiger partial charge in [-0.25, -0.2) is 4.73 Å². The molecule has 27 heavy (non-hydrogen) atoms. The second-order valence-electron chi connectivity index (χ2n) is 7.56. The monoisotopic (exact) mass is 379 g/mol. The van der Waals surface area contributed by atoms with E-state index in [1.54, 1.807) is 0 Å². The van der Waals surface area contributed by atoms with Crippen LogP contribution >= 0.6 is 0 Å². The third kappa shape index (κ3) is 2.42. The molecule has 3 aliphatic rings. The maximum absolute atomic E-state index is 13.2. The number of hydrogen-bond donors (Lipinski definition) is 1. The molecule has 2 saturated carbocycles. The zero-order valence-corrected chi connectivity index (χ0v) is 14.2. The van der Waals surface area contributed by atoms with Crippen molar-refractivity contribution >= 4 is 5.91 Å². The van der Waals surface area contributed by atoms with Crippen LogP contribution in [0.2, 0.25) is 0 Å². The van der Waals surface area contributed by atoms with Crippen LogP contribution in [0.3, 0.4) is 0 Å². The number of fused-ring (bicyclic) bond motifs is 3. The topological polar surface area (TPSA) is 86.8 Å². The van der Waals surface area contributed by atoms with E-state index in [9.17, 15) is 23.2 Å². The van der Waals surface area contributed by atoms with Crippen LogP contribution < -0.4 is 10.0 Å². The van der Waals surface area contributed by atoms with Gasteiger partial charge < -0.3 is 10.5 Å². The highest BCUT2D eigenvalue weighted by Gasteiger charge is 2.64. The fourth-order valence-corrected chi connectivity index (χ4v) is 4.05. The number of nitrogens with one attached hydrogen (secondary N) is 1. The van der Waals surface area contributed by atoms with Crippen LogP contribution in [-0.2, 0) is 6.42 Å². The average molecular weight is 379 g/mol. The lowest BCUT2D eigenvalue weighted by molar-refractivity contribution is -0.600. The predicted octanol–water partition coefficient (Wildman–Crippen LogP) is 1.78. The van der Waals surface area contributed by atoms with Gasteiger partial charge in [-0.15, -0.1) is 0 Å². The van der Waals surface area contributed by atoms with Gasteiger partial charge in [0.25, 0.3) is 5.91 Å². The SMILES string of the molecule is O=C(NC1(C(F)(F)F)CC1)c1nn(-c2cncc[n+]2[O-])c2c1CC[C@H]1C[C@@H]21. The summed E-state index contributed by atoms with van der Waals surface area (Å²) in [6.45, 7) is 0. The summed E-state index contributed by atoms with van der Waals surface area (Å²) in [4.78, 5) is 16.6. The van der Waals surface area contributed by atoms with Crippen LogP contribution in [0.1, 0.15) is 53.3 Å². The molecule has 3 aliphatic carbocycles. The Morgan fingerprint density at radius 2 is 2.19 bits per heavy atom. The second kappa shape index (κ2) is 5.20. The molecule has 0 aromatic carbocycles. The van der Waals surface area contributed by atoms with E-state index in [4.69, 9.17) is 0 Å². The van der Waals surface area contributed by atoms with Gasteiger partial charge in [0.15, 0.2) is 5.69 Å². The second-order valence-corrected chi connectivity index (χ2v) is 7.56. The van der Waals surface area contributed by atoms with Crippen LogP contribution in [-0.4, -0.2) is 32.4 Å². The van der Waals surface area contributed by atoms with Gasteiger partial charge in [0, 0.05) is 11.5 Å². The van der Waals surface area contributed by atoms with Crippen molar-refractivity contribution in [2.45, 2.75) is 49.7 Å². The molecule has 7 nitrogen and oxygen atoms in total. The third-order valence-corrected chi connectivity index (χ3v) is 5.84. The van der Waals surface area contributed by atoms with E-state index >= 15 is 0 Å². The number of hydrogen-bond acceptors (Lipinski definition) is 4. The smallest absolute Gasteiger partial charge is 0.411 e. The Kier molecular flexibility index (Phi) is 3.18. The number of carbonyl (C=O) groups excluding carboxylic acids is 1. The molecule has 0 saturated heterocycles. The van der Waals surface area contributed by atoms with Gasteiger partial charge in [-0.3, -0.25) is 9.78 Å². The molecule has 1 N–H and O–H groups in total. The number of alkyl halides is 3. The minimum Gasteiger partial charge on any atom is -0.710 e. The van der Waals surface area contributed by atoms with Gasteiger partial charge in [0.1, 0.15) is 23.6 Å². The Morgan fingerprint density at radius 3 is 2.85 bits per heavy atom. The first-order chi connectivity index (χ1) is 12.8. The molecule has 1 amide bonds. The molecule has 2 aromatic rings. The Balaban J connectivity index is 1.57. The lowest BCUT2D eigenvalue weighted by atomic mass is 9.95. The number of aromatic nitrogens is 4. The Labute approximate surface area is 151 Å². The van der Waals surface area contributed by atoms with E-state index in [-0.39, 0.29) is 30.3 Å². The number of carbonyl (C=O) groups is 1. The minimum absolute atomic E-state index is 0.0188. The van der Waals surface area contributed by atoms with E-state index in [2.05, 4.69) is 15.4 Å². The number of amides is 1. The van der Waals surface area contributed by atoms with Crippen molar-refractivity contribution in [3.63, 3.8) is 0 Å². The summed E-state index contributed by atoms with van der Waals surface area (Å²) in [5, 5.41) is 18.6. The summed E-state index contributed by atoms with van der Waals surface area (Å²) in [6.07, 6.45) is 1.53. The standard InChI is InChI=1S/C17H16F3N5O2/c18-17(19,20)16(3-4-16)22-15(26)13-10-2-1-9-7-11(9)14(10)25(23-13)12-8-21-5-6-24(12)27/h5-6,8-9,11H,1-4,7H2,(H,22,26)/t9-,11+/m0/s1. The number of rotatable bonds is 3. The van der Waals surface area contributed by atoms with Gasteiger partial charge in [-0.2, -0.15) is 13.2 Å². The van der Waals surface area contributed by atoms with Crippen molar-refractivity contribution in [3.05, 3.63) is 40.7 Å². The quantitative estimate of drug-likeness (QED) is 0.651. The molecule has 0 aliphatic heterocycles. The zero-order chi connectivity index (χ0) is 19.0. The molecule has 5 rings (SSSR count). The highest BCUT2D eigenvalue weighted by molar-refractivity contribution is 5.95. The maximum atomic E-state index is 13.2. The van der Waals surface area contributed by atoms with E-state index in [0.29, 0.717) is 22.6 Å². The van der Waals surface area contributed by atoms with E-state index < -0.39 is 17.6 Å². The predicted molar refractivity (Wildman–Crippen MR) is 85.0 cm³/mol. The average Bonchev–Trinajstić information content (AvgIpc) is 3.52. The first kappa shape index (κ1) is 16.5. The van der Waals surface area contributed by atoms with E-state index in [0.717, 1.165) is 18.5 Å². The number of nitrogens with zero attached hydrogens (tertiary/aromatic N) is 4. The van der Waals surface area contributed by atoms with Crippen molar-refractivity contribution in [2.75, 3.05) is 0 Å². The molecule has 142 valence electrons. The van der Waals surface area contributed by atoms with Gasteiger partial charge in [0.05, 0.1) is 6.20 Å². The fourth-order valence-electron chi connectivity index (χ4n) is 4.05. The van der Waals surface area contributed by atoms with Crippen molar-refractivity contribution in [1.29, 1.82) is 0 Å². The molecule has 0 bridgehead atoms. The van der Waals surface area contributed by atoms with Crippen molar-refractivity contribution in [2.24, 2.45) is 5.92 Å². The normalized spacial score (nSPS) is 24.7. The zero-order valence-electron chi connectivity index (χ0n) is 14.2. The Morgan fingerprint density at radius 1 is 1.41 bits per heavy atom. The highest BCUT2D eigenvalue weighted by atomic mass is 19.4. The molecule has 2 aromatic heterocycles. The number of halogens is 3. The summed E-state index contributed by atoms with van der Waals surface area (Å²) in [5.41, 5.74) is -0.766. The molecular formula is C17H16F3N5O2. The first-order valence-corrected chi connectivity index (χ1v) is 8.85. The van der Waals surface area contributed by atoms with Crippen molar-refractivity contribution in [1.82, 2.24) is 20.1 Å². The molecule has 2 heterocycles. The molecule has 0 spiro atoms. The molecule has 0 radical (unpaired) electrons. The summed E-state index contributed by atoms with van der Waals surface area (Å²) >= 11 is 0. The molecule has 2 fully saturated rings.